The summed E-state index contributed by atoms with van der Waals surface area (Å²) in [5, 5.41) is 0.329. The monoisotopic (exact) mass is 521 g/mol. The van der Waals surface area contributed by atoms with Crippen LogP contribution in [0.25, 0.3) is 22.8 Å². The summed E-state index contributed by atoms with van der Waals surface area (Å²) in [6, 6.07) is 18.1. The maximum atomic E-state index is 6.38. The van der Waals surface area contributed by atoms with Crippen LogP contribution in [0.4, 0.5) is 0 Å². The number of aromatic nitrogens is 3. The third-order valence-corrected chi connectivity index (χ3v) is 16.6. The van der Waals surface area contributed by atoms with Crippen LogP contribution in [0.5, 0.6) is 0 Å². The van der Waals surface area contributed by atoms with Gasteiger partial charge in [-0.05, 0) is 72.7 Å². The Morgan fingerprint density at radius 1 is 0.528 bits per heavy atom. The molecule has 0 amide bonds. The Kier molecular flexibility index (Phi) is 8.40. The molecular weight excluding hydrogens is 479 g/mol. The molecule has 7 heteroatoms. The van der Waals surface area contributed by atoms with E-state index in [9.17, 15) is 0 Å². The first-order valence-corrected chi connectivity index (χ1v) is 18.6. The number of nitrogens with zero attached hydrogens (tertiary/aromatic N) is 3. The summed E-state index contributed by atoms with van der Waals surface area (Å²) in [4.78, 5) is 14.6. The van der Waals surface area contributed by atoms with E-state index >= 15 is 0 Å². The minimum Gasteiger partial charge on any atom is -0.411 e. The summed E-state index contributed by atoms with van der Waals surface area (Å²) in [5.74, 6) is 0. The van der Waals surface area contributed by atoms with E-state index in [0.717, 1.165) is 34.2 Å². The van der Waals surface area contributed by atoms with Crippen molar-refractivity contribution in [3.8, 4) is 22.8 Å². The molecule has 0 aliphatic rings. The smallest absolute Gasteiger partial charge is 0.192 e. The van der Waals surface area contributed by atoms with Crippen LogP contribution >= 0.6 is 0 Å². The summed E-state index contributed by atoms with van der Waals surface area (Å²) < 4.78 is 12.8. The molecule has 0 aliphatic carbocycles. The summed E-state index contributed by atoms with van der Waals surface area (Å²) >= 11 is 0. The molecule has 0 N–H and O–H groups in total. The maximum absolute atomic E-state index is 6.38. The van der Waals surface area contributed by atoms with Crippen molar-refractivity contribution in [1.29, 1.82) is 0 Å². The first-order chi connectivity index (χ1) is 16.6. The standard InChI is InChI=1S/C29H43N3O2Si2/c1-28(2,3)35(7,8)33-20-22-14-11-16-24(30-22)26-18-13-19-27(32-26)25-17-12-15-23(31-25)21-34-36(9,10)29(4,5)6/h11-19H,20-21H2,1-10H3. The summed E-state index contributed by atoms with van der Waals surface area (Å²) in [6.07, 6.45) is 0. The maximum Gasteiger partial charge on any atom is 0.192 e. The zero-order valence-corrected chi connectivity index (χ0v) is 25.8. The highest BCUT2D eigenvalue weighted by atomic mass is 28.4. The van der Waals surface area contributed by atoms with Gasteiger partial charge in [-0.1, -0.05) is 59.7 Å². The fraction of sp³-hybridized carbons (Fsp3) is 0.483. The van der Waals surface area contributed by atoms with Crippen LogP contribution in [-0.4, -0.2) is 31.6 Å². The van der Waals surface area contributed by atoms with Crippen LogP contribution < -0.4 is 0 Å². The first kappa shape index (κ1) is 28.4. The normalized spacial score (nSPS) is 13.2. The second kappa shape index (κ2) is 10.7. The number of hydrogen-bond donors (Lipinski definition) is 0. The number of rotatable bonds is 8. The fourth-order valence-corrected chi connectivity index (χ4v) is 4.95. The minimum absolute atomic E-state index is 0.164. The second-order valence-corrected chi connectivity index (χ2v) is 22.2. The van der Waals surface area contributed by atoms with Gasteiger partial charge in [-0.15, -0.1) is 0 Å². The lowest BCUT2D eigenvalue weighted by molar-refractivity contribution is 0.272. The minimum atomic E-state index is -1.84. The summed E-state index contributed by atoms with van der Waals surface area (Å²) in [6.45, 7) is 23.6. The molecule has 3 aromatic heterocycles. The van der Waals surface area contributed by atoms with Crippen LogP contribution in [0.3, 0.4) is 0 Å². The van der Waals surface area contributed by atoms with Crippen molar-refractivity contribution < 1.29 is 8.85 Å². The number of hydrogen-bond acceptors (Lipinski definition) is 5. The molecule has 3 heterocycles. The Morgan fingerprint density at radius 3 is 1.17 bits per heavy atom. The van der Waals surface area contributed by atoms with Crippen LogP contribution in [-0.2, 0) is 22.1 Å². The predicted molar refractivity (Wildman–Crippen MR) is 155 cm³/mol. The van der Waals surface area contributed by atoms with E-state index in [2.05, 4.69) is 67.7 Å². The molecule has 194 valence electrons. The molecule has 0 fully saturated rings. The van der Waals surface area contributed by atoms with Gasteiger partial charge in [0.05, 0.1) is 47.4 Å². The molecule has 0 spiro atoms. The molecule has 0 atom stereocenters. The van der Waals surface area contributed by atoms with Gasteiger partial charge < -0.3 is 8.85 Å². The van der Waals surface area contributed by atoms with Gasteiger partial charge >= 0.3 is 0 Å². The van der Waals surface area contributed by atoms with Crippen molar-refractivity contribution in [2.24, 2.45) is 0 Å². The highest BCUT2D eigenvalue weighted by Crippen LogP contribution is 2.38. The molecule has 0 radical (unpaired) electrons. The van der Waals surface area contributed by atoms with Crippen LogP contribution in [0.2, 0.25) is 36.3 Å². The quantitative estimate of drug-likeness (QED) is 0.279. The van der Waals surface area contributed by atoms with E-state index in [1.54, 1.807) is 0 Å². The molecule has 3 aromatic rings. The Bertz CT molecular complexity index is 1090. The topological polar surface area (TPSA) is 57.1 Å². The average Bonchev–Trinajstić information content (AvgIpc) is 2.81. The first-order valence-electron chi connectivity index (χ1n) is 12.8. The molecule has 36 heavy (non-hydrogen) atoms. The molecule has 3 rings (SSSR count). The lowest BCUT2D eigenvalue weighted by Crippen LogP contribution is -2.40. The molecule has 0 aliphatic heterocycles. The Balaban J connectivity index is 1.79. The third kappa shape index (κ3) is 6.97. The van der Waals surface area contributed by atoms with E-state index in [4.69, 9.17) is 23.8 Å². The predicted octanol–water partition coefficient (Wildman–Crippen LogP) is 8.25. The van der Waals surface area contributed by atoms with Crippen molar-refractivity contribution in [3.05, 3.63) is 66.0 Å². The van der Waals surface area contributed by atoms with Crippen LogP contribution in [0.15, 0.2) is 54.6 Å². The van der Waals surface area contributed by atoms with Gasteiger partial charge in [-0.3, -0.25) is 0 Å². The molecule has 0 saturated heterocycles. The highest BCUT2D eigenvalue weighted by Gasteiger charge is 2.38. The summed E-state index contributed by atoms with van der Waals surface area (Å²) in [7, 11) is -3.69. The van der Waals surface area contributed by atoms with E-state index < -0.39 is 16.6 Å². The Labute approximate surface area is 220 Å². The van der Waals surface area contributed by atoms with E-state index in [-0.39, 0.29) is 10.1 Å². The SMILES string of the molecule is CC(C)(C)[Si](C)(C)OCc1cccc(-c2cccc(-c3cccc(CO[Si](C)(C)C(C)(C)C)n3)n2)n1. The third-order valence-electron chi connectivity index (χ3n) is 7.66. The highest BCUT2D eigenvalue weighted by molar-refractivity contribution is 6.74. The second-order valence-electron chi connectivity index (χ2n) is 12.5. The summed E-state index contributed by atoms with van der Waals surface area (Å²) in [5.41, 5.74) is 5.17. The fourth-order valence-electron chi connectivity index (χ4n) is 3.07. The van der Waals surface area contributed by atoms with Gasteiger partial charge in [0.1, 0.15) is 0 Å². The number of pyridine rings is 3. The average molecular weight is 522 g/mol. The molecular formula is C29H43N3O2Si2. The molecule has 0 aromatic carbocycles. The lowest BCUT2D eigenvalue weighted by atomic mass is 10.2. The van der Waals surface area contributed by atoms with Crippen LogP contribution in [0.1, 0.15) is 52.9 Å². The van der Waals surface area contributed by atoms with Gasteiger partial charge in [0.15, 0.2) is 16.6 Å². The van der Waals surface area contributed by atoms with Crippen molar-refractivity contribution >= 4 is 16.6 Å². The van der Waals surface area contributed by atoms with Gasteiger partial charge in [0.2, 0.25) is 0 Å². The van der Waals surface area contributed by atoms with Crippen molar-refractivity contribution in [2.45, 2.75) is 91.0 Å². The molecule has 5 nitrogen and oxygen atoms in total. The van der Waals surface area contributed by atoms with Crippen molar-refractivity contribution in [2.75, 3.05) is 0 Å². The van der Waals surface area contributed by atoms with Gasteiger partial charge in [-0.2, -0.15) is 0 Å². The molecule has 0 saturated carbocycles. The Morgan fingerprint density at radius 2 is 0.833 bits per heavy atom. The largest absolute Gasteiger partial charge is 0.411 e. The van der Waals surface area contributed by atoms with E-state index in [0.29, 0.717) is 13.2 Å². The Hall–Kier alpha value is -2.20. The van der Waals surface area contributed by atoms with Gasteiger partial charge in [0, 0.05) is 0 Å². The van der Waals surface area contributed by atoms with Crippen molar-refractivity contribution in [1.82, 2.24) is 15.0 Å². The van der Waals surface area contributed by atoms with E-state index in [1.807, 2.05) is 54.6 Å². The van der Waals surface area contributed by atoms with Gasteiger partial charge in [-0.25, -0.2) is 15.0 Å². The van der Waals surface area contributed by atoms with Crippen molar-refractivity contribution in [3.63, 3.8) is 0 Å². The lowest BCUT2D eigenvalue weighted by Gasteiger charge is -2.36. The zero-order valence-electron chi connectivity index (χ0n) is 23.8. The van der Waals surface area contributed by atoms with Crippen LogP contribution in [0, 0.1) is 0 Å². The molecule has 0 bridgehead atoms. The zero-order chi connectivity index (χ0) is 26.8. The molecule has 0 unspecified atom stereocenters. The van der Waals surface area contributed by atoms with E-state index in [1.165, 1.54) is 0 Å². The van der Waals surface area contributed by atoms with Gasteiger partial charge in [0.25, 0.3) is 0 Å².